The Kier molecular flexibility index (Phi) is 1.84. The summed E-state index contributed by atoms with van der Waals surface area (Å²) >= 11 is 1.62. The Morgan fingerprint density at radius 1 is 1.75 bits per heavy atom. The smallest absolute Gasteiger partial charge is 0.223 e. The van der Waals surface area contributed by atoms with Gasteiger partial charge in [-0.05, 0) is 0 Å². The van der Waals surface area contributed by atoms with Gasteiger partial charge in [-0.2, -0.15) is 0 Å². The summed E-state index contributed by atoms with van der Waals surface area (Å²) in [7, 11) is 0. The number of carbonyl (C=O) groups is 1. The van der Waals surface area contributed by atoms with Crippen molar-refractivity contribution in [1.29, 1.82) is 0 Å². The van der Waals surface area contributed by atoms with Gasteiger partial charge in [0, 0.05) is 29.5 Å². The highest BCUT2D eigenvalue weighted by Crippen LogP contribution is 2.30. The lowest BCUT2D eigenvalue weighted by Crippen LogP contribution is -2.16. The number of thiazole rings is 1. The Morgan fingerprint density at radius 2 is 2.58 bits per heavy atom. The average Bonchev–Trinajstić information content (AvgIpc) is 2.64. The van der Waals surface area contributed by atoms with E-state index in [1.165, 1.54) is 4.88 Å². The van der Waals surface area contributed by atoms with Crippen LogP contribution < -0.4 is 5.32 Å². The van der Waals surface area contributed by atoms with Crippen molar-refractivity contribution in [3.63, 3.8) is 0 Å². The van der Waals surface area contributed by atoms with E-state index in [9.17, 15) is 4.79 Å². The number of hydrogen-bond acceptors (Lipinski definition) is 3. The van der Waals surface area contributed by atoms with Crippen molar-refractivity contribution in [3.8, 4) is 0 Å². The predicted octanol–water partition coefficient (Wildman–Crippen LogP) is 0.993. The number of aromatic nitrogens is 1. The maximum Gasteiger partial charge on any atom is 0.223 e. The molecule has 1 N–H and O–H groups in total. The molecule has 2 rings (SSSR count). The molecule has 1 aliphatic rings. The number of nitrogens with one attached hydrogen (secondary N) is 1. The summed E-state index contributed by atoms with van der Waals surface area (Å²) in [4.78, 5) is 16.4. The summed E-state index contributed by atoms with van der Waals surface area (Å²) in [6, 6.07) is 0. The molecule has 0 bridgehead atoms. The number of carbonyl (C=O) groups excluding carboxylic acids is 1. The fourth-order valence-corrected chi connectivity index (χ4v) is 2.31. The van der Waals surface area contributed by atoms with Crippen LogP contribution in [-0.2, 0) is 4.79 Å². The van der Waals surface area contributed by atoms with Gasteiger partial charge < -0.3 is 5.32 Å². The second kappa shape index (κ2) is 2.86. The van der Waals surface area contributed by atoms with E-state index in [1.807, 2.05) is 18.6 Å². The molecule has 1 amide bonds. The van der Waals surface area contributed by atoms with Gasteiger partial charge in [0.05, 0.1) is 5.51 Å². The van der Waals surface area contributed by atoms with Crippen molar-refractivity contribution >= 4 is 17.2 Å². The van der Waals surface area contributed by atoms with E-state index in [1.54, 1.807) is 11.3 Å². The van der Waals surface area contributed by atoms with Gasteiger partial charge >= 0.3 is 0 Å². The Morgan fingerprint density at radius 3 is 3.08 bits per heavy atom. The highest BCUT2D eigenvalue weighted by molar-refractivity contribution is 7.09. The van der Waals surface area contributed by atoms with Crippen LogP contribution in [-0.4, -0.2) is 17.4 Å². The minimum absolute atomic E-state index is 0.102. The SMILES string of the molecule is CC1C(=O)NCC1c1cncs1. The van der Waals surface area contributed by atoms with Gasteiger partial charge in [0.15, 0.2) is 0 Å². The lowest BCUT2D eigenvalue weighted by Gasteiger charge is -2.07. The van der Waals surface area contributed by atoms with E-state index >= 15 is 0 Å². The Labute approximate surface area is 74.8 Å². The summed E-state index contributed by atoms with van der Waals surface area (Å²) in [6.45, 7) is 2.73. The van der Waals surface area contributed by atoms with Crippen LogP contribution in [0.4, 0.5) is 0 Å². The molecule has 0 aromatic carbocycles. The first-order valence-corrected chi connectivity index (χ1v) is 4.83. The fraction of sp³-hybridized carbons (Fsp3) is 0.500. The van der Waals surface area contributed by atoms with Gasteiger partial charge in [-0.1, -0.05) is 6.92 Å². The Hall–Kier alpha value is -0.900. The van der Waals surface area contributed by atoms with Crippen molar-refractivity contribution in [3.05, 3.63) is 16.6 Å². The predicted molar refractivity (Wildman–Crippen MR) is 47.0 cm³/mol. The average molecular weight is 182 g/mol. The van der Waals surface area contributed by atoms with Gasteiger partial charge in [-0.25, -0.2) is 0 Å². The third-order valence-corrected chi connectivity index (χ3v) is 3.24. The molecule has 0 spiro atoms. The molecule has 2 unspecified atom stereocenters. The van der Waals surface area contributed by atoms with Gasteiger partial charge in [0.2, 0.25) is 5.91 Å². The van der Waals surface area contributed by atoms with Gasteiger partial charge in [0.25, 0.3) is 0 Å². The Balaban J connectivity index is 2.21. The molecule has 1 fully saturated rings. The molecule has 4 heteroatoms. The third-order valence-electron chi connectivity index (χ3n) is 2.33. The van der Waals surface area contributed by atoms with Crippen molar-refractivity contribution in [1.82, 2.24) is 10.3 Å². The molecule has 0 aliphatic carbocycles. The quantitative estimate of drug-likeness (QED) is 0.703. The van der Waals surface area contributed by atoms with Crippen LogP contribution in [0.3, 0.4) is 0 Å². The van der Waals surface area contributed by atoms with Crippen molar-refractivity contribution in [2.24, 2.45) is 5.92 Å². The summed E-state index contributed by atoms with van der Waals surface area (Å²) < 4.78 is 0. The van der Waals surface area contributed by atoms with E-state index in [4.69, 9.17) is 0 Å². The van der Waals surface area contributed by atoms with Crippen LogP contribution in [0.1, 0.15) is 17.7 Å². The largest absolute Gasteiger partial charge is 0.355 e. The molecule has 0 saturated carbocycles. The van der Waals surface area contributed by atoms with E-state index in [-0.39, 0.29) is 11.8 Å². The Bertz CT molecular complexity index is 283. The lowest BCUT2D eigenvalue weighted by atomic mass is 9.97. The van der Waals surface area contributed by atoms with Gasteiger partial charge in [0.1, 0.15) is 0 Å². The topological polar surface area (TPSA) is 42.0 Å². The van der Waals surface area contributed by atoms with Crippen LogP contribution in [0.15, 0.2) is 11.7 Å². The fourth-order valence-electron chi connectivity index (χ4n) is 1.49. The molecular weight excluding hydrogens is 172 g/mol. The lowest BCUT2D eigenvalue weighted by molar-refractivity contribution is -0.122. The highest BCUT2D eigenvalue weighted by Gasteiger charge is 2.32. The zero-order chi connectivity index (χ0) is 8.55. The molecule has 1 saturated heterocycles. The minimum atomic E-state index is 0.102. The van der Waals surface area contributed by atoms with Crippen molar-refractivity contribution < 1.29 is 4.79 Å². The number of nitrogens with zero attached hydrogens (tertiary/aromatic N) is 1. The number of hydrogen-bond donors (Lipinski definition) is 1. The molecular formula is C8H10N2OS. The first kappa shape index (κ1) is 7.73. The summed E-state index contributed by atoms with van der Waals surface area (Å²) in [5.74, 6) is 0.601. The van der Waals surface area contributed by atoms with Crippen LogP contribution in [0, 0.1) is 5.92 Å². The van der Waals surface area contributed by atoms with Crippen LogP contribution >= 0.6 is 11.3 Å². The van der Waals surface area contributed by atoms with Crippen molar-refractivity contribution in [2.75, 3.05) is 6.54 Å². The normalized spacial score (nSPS) is 28.9. The maximum absolute atomic E-state index is 11.2. The summed E-state index contributed by atoms with van der Waals surface area (Å²) in [5, 5.41) is 2.85. The van der Waals surface area contributed by atoms with Crippen LogP contribution in [0.2, 0.25) is 0 Å². The molecule has 64 valence electrons. The number of amides is 1. The molecule has 2 atom stereocenters. The zero-order valence-electron chi connectivity index (χ0n) is 6.78. The monoisotopic (exact) mass is 182 g/mol. The standard InChI is InChI=1S/C8H10N2OS/c1-5-6(2-10-8(5)11)7-3-9-4-12-7/h3-6H,2H2,1H3,(H,10,11). The third kappa shape index (κ3) is 1.12. The molecule has 1 aliphatic heterocycles. The minimum Gasteiger partial charge on any atom is -0.355 e. The first-order chi connectivity index (χ1) is 5.79. The number of rotatable bonds is 1. The molecule has 1 aromatic heterocycles. The molecule has 2 heterocycles. The summed E-state index contributed by atoms with van der Waals surface area (Å²) in [5.41, 5.74) is 1.81. The summed E-state index contributed by atoms with van der Waals surface area (Å²) in [6.07, 6.45) is 1.85. The van der Waals surface area contributed by atoms with Crippen LogP contribution in [0.5, 0.6) is 0 Å². The van der Waals surface area contributed by atoms with E-state index in [2.05, 4.69) is 10.3 Å². The molecule has 3 nitrogen and oxygen atoms in total. The van der Waals surface area contributed by atoms with E-state index < -0.39 is 0 Å². The molecule has 1 aromatic rings. The van der Waals surface area contributed by atoms with Crippen LogP contribution in [0.25, 0.3) is 0 Å². The maximum atomic E-state index is 11.2. The second-order valence-corrected chi connectivity index (χ2v) is 3.96. The van der Waals surface area contributed by atoms with E-state index in [0.717, 1.165) is 6.54 Å². The second-order valence-electron chi connectivity index (χ2n) is 3.04. The van der Waals surface area contributed by atoms with E-state index in [0.29, 0.717) is 5.92 Å². The van der Waals surface area contributed by atoms with Crippen molar-refractivity contribution in [2.45, 2.75) is 12.8 Å². The molecule has 12 heavy (non-hydrogen) atoms. The zero-order valence-corrected chi connectivity index (χ0v) is 7.60. The van der Waals surface area contributed by atoms with Gasteiger partial charge in [-0.3, -0.25) is 9.78 Å². The first-order valence-electron chi connectivity index (χ1n) is 3.95. The molecule has 0 radical (unpaired) electrons. The van der Waals surface area contributed by atoms with Gasteiger partial charge in [-0.15, -0.1) is 11.3 Å². The highest BCUT2D eigenvalue weighted by atomic mass is 32.1.